The molecule has 0 fully saturated rings. The Hall–Kier alpha value is -3.71. The summed E-state index contributed by atoms with van der Waals surface area (Å²) >= 11 is 3.37. The molecule has 0 saturated heterocycles. The van der Waals surface area contributed by atoms with Crippen molar-refractivity contribution >= 4 is 39.2 Å². The number of halogens is 1. The third kappa shape index (κ3) is 4.31. The van der Waals surface area contributed by atoms with Crippen LogP contribution in [0.1, 0.15) is 20.7 Å². The molecule has 0 spiro atoms. The molecule has 0 aliphatic rings. The first-order valence-electron chi connectivity index (χ1n) is 9.18. The fourth-order valence-electron chi connectivity index (χ4n) is 2.90. The van der Waals surface area contributed by atoms with Crippen LogP contribution in [0.15, 0.2) is 95.6 Å². The van der Waals surface area contributed by atoms with Gasteiger partial charge in [0.25, 0.3) is 11.8 Å². The maximum atomic E-state index is 13.0. The summed E-state index contributed by atoms with van der Waals surface area (Å²) < 4.78 is 2.45. The SMILES string of the molecule is O=C(Nc1c(C(=O)Nc2ccc(Br)cc2)cnn1-c1ccccc1)c1ccccc1. The molecular formula is C23H17BrN4O2. The Kier molecular flexibility index (Phi) is 5.72. The highest BCUT2D eigenvalue weighted by molar-refractivity contribution is 9.10. The molecule has 2 amide bonds. The number of amides is 2. The van der Waals surface area contributed by atoms with Crippen LogP contribution >= 0.6 is 15.9 Å². The Morgan fingerprint density at radius 1 is 0.767 bits per heavy atom. The van der Waals surface area contributed by atoms with Gasteiger partial charge in [0.05, 0.1) is 11.9 Å². The van der Waals surface area contributed by atoms with Gasteiger partial charge >= 0.3 is 0 Å². The summed E-state index contributed by atoms with van der Waals surface area (Å²) in [5.74, 6) is -0.404. The Morgan fingerprint density at radius 3 is 2.07 bits per heavy atom. The van der Waals surface area contributed by atoms with E-state index >= 15 is 0 Å². The normalized spacial score (nSPS) is 10.4. The van der Waals surface area contributed by atoms with E-state index in [9.17, 15) is 9.59 Å². The van der Waals surface area contributed by atoms with Crippen LogP contribution in [0.5, 0.6) is 0 Å². The van der Waals surface area contributed by atoms with Crippen LogP contribution in [0.4, 0.5) is 11.5 Å². The zero-order valence-corrected chi connectivity index (χ0v) is 17.3. The third-order valence-corrected chi connectivity index (χ3v) is 4.91. The van der Waals surface area contributed by atoms with Gasteiger partial charge in [-0.25, -0.2) is 4.68 Å². The molecule has 1 heterocycles. The predicted octanol–water partition coefficient (Wildman–Crippen LogP) is 5.14. The molecule has 2 N–H and O–H groups in total. The van der Waals surface area contributed by atoms with Crippen molar-refractivity contribution in [3.63, 3.8) is 0 Å². The van der Waals surface area contributed by atoms with Gasteiger partial charge in [0.1, 0.15) is 11.4 Å². The van der Waals surface area contributed by atoms with E-state index in [1.807, 2.05) is 48.5 Å². The molecule has 7 heteroatoms. The summed E-state index contributed by atoms with van der Waals surface area (Å²) in [6.07, 6.45) is 1.45. The van der Waals surface area contributed by atoms with Gasteiger partial charge in [-0.1, -0.05) is 52.3 Å². The van der Waals surface area contributed by atoms with Crippen molar-refractivity contribution in [3.05, 3.63) is 107 Å². The molecule has 6 nitrogen and oxygen atoms in total. The lowest BCUT2D eigenvalue weighted by Gasteiger charge is -2.12. The number of aromatic nitrogens is 2. The molecule has 4 rings (SSSR count). The summed E-state index contributed by atoms with van der Waals surface area (Å²) in [5, 5.41) is 10.0. The Labute approximate surface area is 181 Å². The van der Waals surface area contributed by atoms with Crippen molar-refractivity contribution in [1.82, 2.24) is 9.78 Å². The first-order valence-corrected chi connectivity index (χ1v) is 9.98. The lowest BCUT2D eigenvalue weighted by molar-refractivity contribution is 0.102. The number of nitrogens with one attached hydrogen (secondary N) is 2. The summed E-state index contributed by atoms with van der Waals surface area (Å²) in [4.78, 5) is 25.7. The van der Waals surface area contributed by atoms with Crippen molar-refractivity contribution in [2.45, 2.75) is 0 Å². The second-order valence-corrected chi connectivity index (χ2v) is 7.35. The molecule has 0 aliphatic carbocycles. The van der Waals surface area contributed by atoms with Gasteiger partial charge in [-0.2, -0.15) is 5.10 Å². The van der Waals surface area contributed by atoms with Gasteiger partial charge in [0.2, 0.25) is 0 Å². The topological polar surface area (TPSA) is 76.0 Å². The molecule has 3 aromatic carbocycles. The number of carbonyl (C=O) groups excluding carboxylic acids is 2. The summed E-state index contributed by atoms with van der Waals surface area (Å²) in [6.45, 7) is 0. The van der Waals surface area contributed by atoms with Crippen LogP contribution in [0.2, 0.25) is 0 Å². The summed E-state index contributed by atoms with van der Waals surface area (Å²) in [6, 6.07) is 25.4. The molecule has 1 aromatic heterocycles. The Balaban J connectivity index is 1.69. The van der Waals surface area contributed by atoms with E-state index < -0.39 is 0 Å². The van der Waals surface area contributed by atoms with E-state index in [0.29, 0.717) is 17.1 Å². The first-order chi connectivity index (χ1) is 14.6. The number of anilines is 2. The van der Waals surface area contributed by atoms with Crippen molar-refractivity contribution in [2.24, 2.45) is 0 Å². The minimum atomic E-state index is -0.372. The Bertz CT molecular complexity index is 1170. The van der Waals surface area contributed by atoms with Gasteiger partial charge in [-0.05, 0) is 48.5 Å². The van der Waals surface area contributed by atoms with Crippen molar-refractivity contribution < 1.29 is 9.59 Å². The fraction of sp³-hybridized carbons (Fsp3) is 0. The van der Waals surface area contributed by atoms with E-state index in [1.165, 1.54) is 10.9 Å². The van der Waals surface area contributed by atoms with Gasteiger partial charge in [-0.3, -0.25) is 9.59 Å². The smallest absolute Gasteiger partial charge is 0.261 e. The summed E-state index contributed by atoms with van der Waals surface area (Å²) in [7, 11) is 0. The molecular weight excluding hydrogens is 444 g/mol. The highest BCUT2D eigenvalue weighted by Gasteiger charge is 2.21. The van der Waals surface area contributed by atoms with Crippen LogP contribution in [0, 0.1) is 0 Å². The lowest BCUT2D eigenvalue weighted by Crippen LogP contribution is -2.19. The van der Waals surface area contributed by atoms with E-state index in [0.717, 1.165) is 10.2 Å². The van der Waals surface area contributed by atoms with Crippen molar-refractivity contribution in [1.29, 1.82) is 0 Å². The number of rotatable bonds is 5. The third-order valence-electron chi connectivity index (χ3n) is 4.38. The van der Waals surface area contributed by atoms with Gasteiger partial charge in [-0.15, -0.1) is 0 Å². The summed E-state index contributed by atoms with van der Waals surface area (Å²) in [5.41, 5.74) is 2.10. The monoisotopic (exact) mass is 460 g/mol. The molecule has 148 valence electrons. The van der Waals surface area contributed by atoms with Crippen molar-refractivity contribution in [2.75, 3.05) is 10.6 Å². The van der Waals surface area contributed by atoms with E-state index in [2.05, 4.69) is 31.7 Å². The number of carbonyl (C=O) groups is 2. The fourth-order valence-corrected chi connectivity index (χ4v) is 3.17. The molecule has 0 radical (unpaired) electrons. The molecule has 0 unspecified atom stereocenters. The standard InChI is InChI=1S/C23H17BrN4O2/c24-17-11-13-18(14-12-17)26-23(30)20-15-25-28(19-9-5-2-6-10-19)21(20)27-22(29)16-7-3-1-4-8-16/h1-15H,(H,26,30)(H,27,29). The zero-order chi connectivity index (χ0) is 20.9. The number of hydrogen-bond acceptors (Lipinski definition) is 3. The maximum absolute atomic E-state index is 13.0. The highest BCUT2D eigenvalue weighted by Crippen LogP contribution is 2.23. The van der Waals surface area contributed by atoms with E-state index in [4.69, 9.17) is 0 Å². The molecule has 0 atom stereocenters. The van der Waals surface area contributed by atoms with Crippen LogP contribution in [-0.4, -0.2) is 21.6 Å². The molecule has 30 heavy (non-hydrogen) atoms. The molecule has 0 aliphatic heterocycles. The van der Waals surface area contributed by atoms with E-state index in [1.54, 1.807) is 36.4 Å². The number of nitrogens with zero attached hydrogens (tertiary/aromatic N) is 2. The number of para-hydroxylation sites is 1. The van der Waals surface area contributed by atoms with Gasteiger partial charge in [0, 0.05) is 15.7 Å². The molecule has 0 saturated carbocycles. The van der Waals surface area contributed by atoms with Crippen molar-refractivity contribution in [3.8, 4) is 5.69 Å². The van der Waals surface area contributed by atoms with Crippen LogP contribution < -0.4 is 10.6 Å². The maximum Gasteiger partial charge on any atom is 0.261 e. The van der Waals surface area contributed by atoms with Crippen LogP contribution in [-0.2, 0) is 0 Å². The number of hydrogen-bond donors (Lipinski definition) is 2. The minimum Gasteiger partial charge on any atom is -0.322 e. The van der Waals surface area contributed by atoms with Crippen LogP contribution in [0.25, 0.3) is 5.69 Å². The molecule has 0 bridgehead atoms. The van der Waals surface area contributed by atoms with Crippen LogP contribution in [0.3, 0.4) is 0 Å². The van der Waals surface area contributed by atoms with Gasteiger partial charge in [0.15, 0.2) is 0 Å². The highest BCUT2D eigenvalue weighted by atomic mass is 79.9. The lowest BCUT2D eigenvalue weighted by atomic mass is 10.2. The average molecular weight is 461 g/mol. The first kappa shape index (κ1) is 19.6. The van der Waals surface area contributed by atoms with Gasteiger partial charge < -0.3 is 10.6 Å². The average Bonchev–Trinajstić information content (AvgIpc) is 3.20. The Morgan fingerprint density at radius 2 is 1.40 bits per heavy atom. The second kappa shape index (κ2) is 8.75. The number of benzene rings is 3. The predicted molar refractivity (Wildman–Crippen MR) is 120 cm³/mol. The van der Waals surface area contributed by atoms with E-state index in [-0.39, 0.29) is 17.4 Å². The second-order valence-electron chi connectivity index (χ2n) is 6.44. The minimum absolute atomic E-state index is 0.256. The molecule has 4 aromatic rings. The zero-order valence-electron chi connectivity index (χ0n) is 15.7. The quantitative estimate of drug-likeness (QED) is 0.432. The largest absolute Gasteiger partial charge is 0.322 e.